The Kier molecular flexibility index (Phi) is 14.4. The molecule has 18 aromatic carbocycles. The summed E-state index contributed by atoms with van der Waals surface area (Å²) in [7, 11) is 0. The molecular weight excluding hydrogens is 1470 g/mol. The molecule has 0 saturated heterocycles. The van der Waals surface area contributed by atoms with Crippen molar-refractivity contribution in [3.05, 3.63) is 364 Å². The Morgan fingerprint density at radius 3 is 1.07 bits per heavy atom. The zero-order valence-electron chi connectivity index (χ0n) is 62.9. The molecule has 12 heteroatoms. The number of rotatable bonds is 8. The van der Waals surface area contributed by atoms with Crippen LogP contribution in [0.4, 0.5) is 0 Å². The zero-order chi connectivity index (χ0) is 77.2. The Morgan fingerprint density at radius 1 is 0.220 bits per heavy atom. The largest absolute Gasteiger partial charge is 0.456 e. The highest BCUT2D eigenvalue weighted by atomic mass is 32.1. The van der Waals surface area contributed by atoms with Gasteiger partial charge in [-0.1, -0.05) is 291 Å². The molecule has 0 atom stereocenters. The first-order valence-corrected chi connectivity index (χ1v) is 40.4. The summed E-state index contributed by atoms with van der Waals surface area (Å²) < 4.78 is 27.9. The first kappa shape index (κ1) is 65.8. The third-order valence-electron chi connectivity index (χ3n) is 23.6. The van der Waals surface area contributed by atoms with Crippen LogP contribution in [0.2, 0.25) is 0 Å². The van der Waals surface area contributed by atoms with Crippen molar-refractivity contribution in [3.8, 4) is 79.7 Å². The van der Waals surface area contributed by atoms with Crippen LogP contribution in [0, 0.1) is 0 Å². The molecule has 0 aliphatic rings. The molecule has 26 aromatic rings. The lowest BCUT2D eigenvalue weighted by Crippen LogP contribution is -2.00. The number of thiophene rings is 1. The van der Waals surface area contributed by atoms with Crippen molar-refractivity contribution in [1.82, 2.24) is 39.0 Å². The molecule has 548 valence electrons. The van der Waals surface area contributed by atoms with Gasteiger partial charge >= 0.3 is 0 Å². The summed E-state index contributed by atoms with van der Waals surface area (Å²) in [5.74, 6) is 3.67. The monoisotopic (exact) mass is 1520 g/mol. The normalized spacial score (nSPS) is 12.1. The topological polar surface area (TPSA) is 127 Å². The third kappa shape index (κ3) is 10.00. The number of hydrogen-bond donors (Lipinski definition) is 0. The van der Waals surface area contributed by atoms with Crippen LogP contribution in [-0.4, -0.2) is 39.0 Å². The van der Waals surface area contributed by atoms with Gasteiger partial charge in [0.25, 0.3) is 0 Å². The van der Waals surface area contributed by atoms with Crippen LogP contribution in [0.15, 0.2) is 377 Å². The SMILES string of the molecule is c1ccc(-c2nc(-c3ccccc3)nc(-c3cccc4oc5cc(-n6c7ccc8ccccc8c7c7c8ccccc8c8c9ccccc9oc8c76)ccc5c34)n2)cc1.c1ccc(-c2nc(-c3ccccc3)nc(-c3cccc4oc5cc(-n6c7ccc8ccccc8c7c7c8ccccc8c8c9ccccc9sc8c76)ccc5c34)n2)cc1. The number of benzene rings is 18. The van der Waals surface area contributed by atoms with Crippen LogP contribution in [0.5, 0.6) is 0 Å². The highest BCUT2D eigenvalue weighted by Gasteiger charge is 2.29. The smallest absolute Gasteiger partial charge is 0.164 e. The maximum atomic E-state index is 6.90. The van der Waals surface area contributed by atoms with Gasteiger partial charge in [0.05, 0.1) is 32.5 Å². The van der Waals surface area contributed by atoms with Gasteiger partial charge in [0.15, 0.2) is 40.5 Å². The van der Waals surface area contributed by atoms with Gasteiger partial charge in [0.2, 0.25) is 0 Å². The summed E-state index contributed by atoms with van der Waals surface area (Å²) in [5.41, 5.74) is 16.9. The summed E-state index contributed by atoms with van der Waals surface area (Å²) in [6.07, 6.45) is 0. The molecule has 0 aliphatic heterocycles. The van der Waals surface area contributed by atoms with E-state index in [1.54, 1.807) is 0 Å². The Hall–Kier alpha value is -15.8. The molecular formula is C106H60N8O3S. The average molecular weight is 1530 g/mol. The van der Waals surface area contributed by atoms with Gasteiger partial charge in [-0.3, -0.25) is 0 Å². The minimum absolute atomic E-state index is 0.587. The van der Waals surface area contributed by atoms with E-state index in [1.165, 1.54) is 90.3 Å². The fraction of sp³-hybridized carbons (Fsp3) is 0. The Labute approximate surface area is 675 Å². The molecule has 26 rings (SSSR count). The number of hydrogen-bond acceptors (Lipinski definition) is 10. The van der Waals surface area contributed by atoms with Crippen molar-refractivity contribution in [3.63, 3.8) is 0 Å². The number of para-hydroxylation sites is 1. The minimum atomic E-state index is 0.587. The molecule has 0 saturated carbocycles. The molecule has 0 spiro atoms. The van der Waals surface area contributed by atoms with Gasteiger partial charge in [-0.2, -0.15) is 0 Å². The van der Waals surface area contributed by atoms with Gasteiger partial charge in [0.1, 0.15) is 27.9 Å². The molecule has 0 unspecified atom stereocenters. The lowest BCUT2D eigenvalue weighted by atomic mass is 9.97. The van der Waals surface area contributed by atoms with E-state index >= 15 is 0 Å². The fourth-order valence-corrected chi connectivity index (χ4v) is 19.8. The second kappa shape index (κ2) is 25.9. The van der Waals surface area contributed by atoms with E-state index in [0.717, 1.165) is 127 Å². The molecule has 8 heterocycles. The molecule has 0 aliphatic carbocycles. The highest BCUT2D eigenvalue weighted by molar-refractivity contribution is 7.27. The van der Waals surface area contributed by atoms with E-state index in [2.05, 4.69) is 221 Å². The summed E-state index contributed by atoms with van der Waals surface area (Å²) in [6, 6.07) is 127. The summed E-state index contributed by atoms with van der Waals surface area (Å²) in [5, 5.41) is 23.4. The van der Waals surface area contributed by atoms with Gasteiger partial charge in [-0.15, -0.1) is 11.3 Å². The van der Waals surface area contributed by atoms with Crippen molar-refractivity contribution >= 4 is 184 Å². The van der Waals surface area contributed by atoms with Crippen LogP contribution in [0.3, 0.4) is 0 Å². The first-order chi connectivity index (χ1) is 58.5. The van der Waals surface area contributed by atoms with E-state index in [4.69, 9.17) is 43.2 Å². The fourth-order valence-electron chi connectivity index (χ4n) is 18.5. The van der Waals surface area contributed by atoms with Crippen LogP contribution in [-0.2, 0) is 0 Å². The van der Waals surface area contributed by atoms with Crippen molar-refractivity contribution in [2.24, 2.45) is 0 Å². The average Bonchev–Trinajstić information content (AvgIpc) is 1.53. The minimum Gasteiger partial charge on any atom is -0.456 e. The summed E-state index contributed by atoms with van der Waals surface area (Å²) in [6.45, 7) is 0. The molecule has 0 N–H and O–H groups in total. The van der Waals surface area contributed by atoms with Crippen LogP contribution >= 0.6 is 11.3 Å². The lowest BCUT2D eigenvalue weighted by molar-refractivity contribution is 0.668. The zero-order valence-corrected chi connectivity index (χ0v) is 63.7. The van der Waals surface area contributed by atoms with Gasteiger partial charge in [-0.05, 0) is 104 Å². The molecule has 8 aromatic heterocycles. The first-order valence-electron chi connectivity index (χ1n) is 39.6. The van der Waals surface area contributed by atoms with Gasteiger partial charge in [0, 0.05) is 121 Å². The van der Waals surface area contributed by atoms with Gasteiger partial charge in [-0.25, -0.2) is 29.9 Å². The molecule has 11 nitrogen and oxygen atoms in total. The van der Waals surface area contributed by atoms with Crippen molar-refractivity contribution < 1.29 is 13.3 Å². The van der Waals surface area contributed by atoms with Crippen LogP contribution in [0.1, 0.15) is 0 Å². The van der Waals surface area contributed by atoms with Gasteiger partial charge < -0.3 is 22.4 Å². The maximum absolute atomic E-state index is 6.90. The number of fused-ring (bicyclic) bond motifs is 30. The standard InChI is InChI=1S/C53H30N4O2.C53H30N4OS/c1-3-15-32(16-4-1)51-54-52(33-17-5-2-6-18-33)56-53(55-51)40-23-13-25-43-45(40)39-28-27-34(30-44(39)58-43)57-41-29-26-31-14-7-8-19-35(31)47(41)48-37-21-10-9-20-36(37)46-38-22-11-12-24-42(38)59-50(46)49(48)57;1-3-15-32(16-4-1)51-54-52(33-17-5-2-6-18-33)56-53(55-51)40-23-13-24-42-45(40)38-28-27-34(30-43(38)58-42)57-41-29-26-31-14-7-8-19-35(31)47(41)48-37-21-10-9-20-36(37)46-39-22-11-12-25-44(39)59-50(46)49(48)57/h2*1-30H. The molecule has 0 fully saturated rings. The number of nitrogens with zero attached hydrogens (tertiary/aromatic N) is 8. The quantitative estimate of drug-likeness (QED) is 0.146. The molecule has 0 bridgehead atoms. The van der Waals surface area contributed by atoms with Crippen molar-refractivity contribution in [1.29, 1.82) is 0 Å². The van der Waals surface area contributed by atoms with Crippen molar-refractivity contribution in [2.75, 3.05) is 0 Å². The lowest BCUT2D eigenvalue weighted by Gasteiger charge is -2.11. The number of furan rings is 3. The predicted molar refractivity (Wildman–Crippen MR) is 486 cm³/mol. The third-order valence-corrected chi connectivity index (χ3v) is 24.8. The van der Waals surface area contributed by atoms with Crippen LogP contribution < -0.4 is 0 Å². The maximum Gasteiger partial charge on any atom is 0.164 e. The Bertz CT molecular complexity index is 8080. The second-order valence-electron chi connectivity index (χ2n) is 30.2. The van der Waals surface area contributed by atoms with E-state index in [1.807, 2.05) is 163 Å². The summed E-state index contributed by atoms with van der Waals surface area (Å²) >= 11 is 1.88. The van der Waals surface area contributed by atoms with Crippen molar-refractivity contribution in [2.45, 2.75) is 0 Å². The molecule has 0 amide bonds. The summed E-state index contributed by atoms with van der Waals surface area (Å²) in [4.78, 5) is 30.2. The van der Waals surface area contributed by atoms with Crippen LogP contribution in [0.25, 0.3) is 252 Å². The van der Waals surface area contributed by atoms with E-state index in [-0.39, 0.29) is 0 Å². The number of aromatic nitrogens is 8. The van der Waals surface area contributed by atoms with E-state index < -0.39 is 0 Å². The van der Waals surface area contributed by atoms with E-state index in [9.17, 15) is 0 Å². The Balaban J connectivity index is 0.000000131. The highest BCUT2D eigenvalue weighted by Crippen LogP contribution is 2.52. The second-order valence-corrected chi connectivity index (χ2v) is 31.2. The van der Waals surface area contributed by atoms with E-state index in [0.29, 0.717) is 34.9 Å². The molecule has 118 heavy (non-hydrogen) atoms. The Morgan fingerprint density at radius 2 is 0.585 bits per heavy atom. The molecule has 0 radical (unpaired) electrons. The predicted octanol–water partition coefficient (Wildman–Crippen LogP) is 28.6.